The Kier molecular flexibility index (Phi) is 5.59. The van der Waals surface area contributed by atoms with Crippen molar-refractivity contribution >= 4 is 18.1 Å². The van der Waals surface area contributed by atoms with Gasteiger partial charge >= 0.3 is 6.18 Å². The summed E-state index contributed by atoms with van der Waals surface area (Å²) >= 11 is 0. The summed E-state index contributed by atoms with van der Waals surface area (Å²) in [6.45, 7) is -0.478. The fraction of sp³-hybridized carbons (Fsp3) is 0.455. The Hall–Kier alpha value is -1.77. The number of aromatic nitrogens is 4. The number of aryl methyl sites for hydroxylation is 2. The lowest BCUT2D eigenvalue weighted by Crippen LogP contribution is -2.15. The summed E-state index contributed by atoms with van der Waals surface area (Å²) in [5.74, 6) is 0. The molecule has 1 N–H and O–H groups in total. The van der Waals surface area contributed by atoms with Crippen molar-refractivity contribution in [2.75, 3.05) is 12.0 Å². The first-order chi connectivity index (χ1) is 9.41. The highest BCUT2D eigenvalue weighted by atomic mass is 35.5. The molecule has 0 atom stereocenters. The zero-order chi connectivity index (χ0) is 14.8. The van der Waals surface area contributed by atoms with E-state index in [1.54, 1.807) is 0 Å². The zero-order valence-electron chi connectivity index (χ0n) is 11.1. The van der Waals surface area contributed by atoms with Crippen molar-refractivity contribution in [3.63, 3.8) is 0 Å². The van der Waals surface area contributed by atoms with Crippen molar-refractivity contribution in [1.82, 2.24) is 19.6 Å². The number of halogens is 5. The summed E-state index contributed by atoms with van der Waals surface area (Å²) in [7, 11) is 1.24. The van der Waals surface area contributed by atoms with E-state index in [0.717, 1.165) is 4.68 Å². The summed E-state index contributed by atoms with van der Waals surface area (Å²) < 4.78 is 52.8. The van der Waals surface area contributed by atoms with Crippen LogP contribution >= 0.6 is 12.4 Å². The molecule has 2 heterocycles. The van der Waals surface area contributed by atoms with E-state index >= 15 is 0 Å². The van der Waals surface area contributed by atoms with Gasteiger partial charge in [0.25, 0.3) is 0 Å². The standard InChI is InChI=1S/C11H13F4N5.ClH/c1-19-10(11(13,14)15)8(5-17-19)4-16-9-6-18-20(7-9)3-2-12;/h5-7,16H,2-4H2,1H3;1H. The molecule has 0 aliphatic carbocycles. The van der Waals surface area contributed by atoms with E-state index in [1.165, 1.54) is 30.3 Å². The predicted molar refractivity (Wildman–Crippen MR) is 71.0 cm³/mol. The van der Waals surface area contributed by atoms with Gasteiger partial charge in [0.05, 0.1) is 24.6 Å². The van der Waals surface area contributed by atoms with Gasteiger partial charge in [-0.3, -0.25) is 9.36 Å². The van der Waals surface area contributed by atoms with Crippen LogP contribution in [-0.4, -0.2) is 26.2 Å². The van der Waals surface area contributed by atoms with Crippen molar-refractivity contribution in [1.29, 1.82) is 0 Å². The molecule has 2 rings (SSSR count). The van der Waals surface area contributed by atoms with Gasteiger partial charge in [0.15, 0.2) is 0 Å². The topological polar surface area (TPSA) is 47.7 Å². The molecule has 10 heteroatoms. The molecule has 0 saturated carbocycles. The highest BCUT2D eigenvalue weighted by Crippen LogP contribution is 2.31. The van der Waals surface area contributed by atoms with Crippen molar-refractivity contribution < 1.29 is 17.6 Å². The quantitative estimate of drug-likeness (QED) is 0.859. The molecular formula is C11H14ClF4N5. The lowest BCUT2D eigenvalue weighted by Gasteiger charge is -2.10. The third-order valence-corrected chi connectivity index (χ3v) is 2.71. The third kappa shape index (κ3) is 4.10. The van der Waals surface area contributed by atoms with E-state index in [1.807, 2.05) is 0 Å². The van der Waals surface area contributed by atoms with E-state index < -0.39 is 18.5 Å². The average molecular weight is 328 g/mol. The minimum absolute atomic E-state index is 0. The van der Waals surface area contributed by atoms with E-state index in [4.69, 9.17) is 0 Å². The van der Waals surface area contributed by atoms with Crippen LogP contribution in [0, 0.1) is 0 Å². The molecule has 118 valence electrons. The first-order valence-corrected chi connectivity index (χ1v) is 5.82. The van der Waals surface area contributed by atoms with E-state index in [-0.39, 0.29) is 31.1 Å². The summed E-state index contributed by atoms with van der Waals surface area (Å²) in [5, 5.41) is 10.3. The largest absolute Gasteiger partial charge is 0.433 e. The van der Waals surface area contributed by atoms with Crippen molar-refractivity contribution in [3.8, 4) is 0 Å². The molecule has 2 aromatic heterocycles. The van der Waals surface area contributed by atoms with Crippen LogP contribution in [0.4, 0.5) is 23.2 Å². The highest BCUT2D eigenvalue weighted by Gasteiger charge is 2.37. The van der Waals surface area contributed by atoms with Crippen LogP contribution < -0.4 is 5.32 Å². The number of hydrogen-bond acceptors (Lipinski definition) is 3. The second kappa shape index (κ2) is 6.79. The fourth-order valence-corrected chi connectivity index (χ4v) is 1.84. The SMILES string of the molecule is Cl.Cn1ncc(CNc2cnn(CCF)c2)c1C(F)(F)F. The monoisotopic (exact) mass is 327 g/mol. The first kappa shape index (κ1) is 17.3. The van der Waals surface area contributed by atoms with Crippen LogP contribution in [0.3, 0.4) is 0 Å². The molecule has 2 aromatic rings. The van der Waals surface area contributed by atoms with Crippen LogP contribution in [0.25, 0.3) is 0 Å². The van der Waals surface area contributed by atoms with Crippen molar-refractivity contribution in [3.05, 3.63) is 29.8 Å². The molecule has 0 aromatic carbocycles. The van der Waals surface area contributed by atoms with Gasteiger partial charge in [0, 0.05) is 25.4 Å². The van der Waals surface area contributed by atoms with Crippen LogP contribution in [0.15, 0.2) is 18.6 Å². The Balaban J connectivity index is 0.00000220. The second-order valence-electron chi connectivity index (χ2n) is 4.17. The number of anilines is 1. The fourth-order valence-electron chi connectivity index (χ4n) is 1.84. The molecular weight excluding hydrogens is 314 g/mol. The van der Waals surface area contributed by atoms with Crippen LogP contribution in [0.2, 0.25) is 0 Å². The van der Waals surface area contributed by atoms with Gasteiger partial charge in [-0.05, 0) is 0 Å². The summed E-state index contributed by atoms with van der Waals surface area (Å²) in [6, 6.07) is 0. The van der Waals surface area contributed by atoms with Crippen LogP contribution in [0.5, 0.6) is 0 Å². The molecule has 0 bridgehead atoms. The minimum atomic E-state index is -4.46. The maximum absolute atomic E-state index is 12.8. The predicted octanol–water partition coefficient (Wildman–Crippen LogP) is 2.64. The van der Waals surface area contributed by atoms with Gasteiger partial charge in [-0.1, -0.05) is 0 Å². The molecule has 21 heavy (non-hydrogen) atoms. The first-order valence-electron chi connectivity index (χ1n) is 5.82. The number of nitrogens with one attached hydrogen (secondary N) is 1. The van der Waals surface area contributed by atoms with Crippen LogP contribution in [0.1, 0.15) is 11.3 Å². The smallest absolute Gasteiger partial charge is 0.378 e. The van der Waals surface area contributed by atoms with Crippen molar-refractivity contribution in [2.24, 2.45) is 7.05 Å². The molecule has 0 aliphatic heterocycles. The lowest BCUT2D eigenvalue weighted by atomic mass is 10.2. The number of nitrogens with zero attached hydrogens (tertiary/aromatic N) is 4. The second-order valence-corrected chi connectivity index (χ2v) is 4.17. The number of hydrogen-bond donors (Lipinski definition) is 1. The Morgan fingerprint density at radius 2 is 1.95 bits per heavy atom. The van der Waals surface area contributed by atoms with E-state index in [9.17, 15) is 17.6 Å². The van der Waals surface area contributed by atoms with Gasteiger partial charge in [-0.25, -0.2) is 4.39 Å². The van der Waals surface area contributed by atoms with Crippen molar-refractivity contribution in [2.45, 2.75) is 19.3 Å². The Bertz CT molecular complexity index is 577. The molecule has 0 fully saturated rings. The Morgan fingerprint density at radius 1 is 1.24 bits per heavy atom. The third-order valence-electron chi connectivity index (χ3n) is 2.71. The highest BCUT2D eigenvalue weighted by molar-refractivity contribution is 5.85. The van der Waals surface area contributed by atoms with E-state index in [2.05, 4.69) is 15.5 Å². The Morgan fingerprint density at radius 3 is 2.57 bits per heavy atom. The van der Waals surface area contributed by atoms with Gasteiger partial charge in [-0.15, -0.1) is 12.4 Å². The van der Waals surface area contributed by atoms with Crippen LogP contribution in [-0.2, 0) is 26.3 Å². The van der Waals surface area contributed by atoms with Gasteiger partial charge < -0.3 is 5.32 Å². The van der Waals surface area contributed by atoms with Gasteiger partial charge in [0.2, 0.25) is 0 Å². The van der Waals surface area contributed by atoms with E-state index in [0.29, 0.717) is 5.69 Å². The normalized spacial score (nSPS) is 11.3. The summed E-state index contributed by atoms with van der Waals surface area (Å²) in [6.07, 6.45) is -0.328. The molecule has 0 spiro atoms. The molecule has 0 saturated heterocycles. The zero-order valence-corrected chi connectivity index (χ0v) is 11.9. The average Bonchev–Trinajstić information content (AvgIpc) is 2.93. The van der Waals surface area contributed by atoms with Gasteiger partial charge in [-0.2, -0.15) is 23.4 Å². The molecule has 5 nitrogen and oxygen atoms in total. The summed E-state index contributed by atoms with van der Waals surface area (Å²) in [5.41, 5.74) is -0.227. The summed E-state index contributed by atoms with van der Waals surface area (Å²) in [4.78, 5) is 0. The lowest BCUT2D eigenvalue weighted by molar-refractivity contribution is -0.144. The molecule has 0 aliphatic rings. The van der Waals surface area contributed by atoms with Gasteiger partial charge in [0.1, 0.15) is 12.4 Å². The maximum atomic E-state index is 12.8. The molecule has 0 unspecified atom stereocenters. The minimum Gasteiger partial charge on any atom is -0.378 e. The molecule has 0 amide bonds. The number of alkyl halides is 4. The number of rotatable bonds is 5. The Labute approximate surface area is 124 Å². The maximum Gasteiger partial charge on any atom is 0.433 e. The molecule has 0 radical (unpaired) electrons.